The molecule has 0 radical (unpaired) electrons. The fourth-order valence-electron chi connectivity index (χ4n) is 1.30. The number of hydroxylamine groups is 1. The number of carbonyl (C=O) groups excluding carboxylic acids is 1. The van der Waals surface area contributed by atoms with E-state index in [1.807, 2.05) is 26.8 Å². The van der Waals surface area contributed by atoms with Crippen LogP contribution in [0.1, 0.15) is 31.9 Å². The fourth-order valence-corrected chi connectivity index (χ4v) is 2.06. The lowest BCUT2D eigenvalue weighted by Crippen LogP contribution is -2.34. The van der Waals surface area contributed by atoms with Gasteiger partial charge in [0, 0.05) is 5.75 Å². The van der Waals surface area contributed by atoms with Gasteiger partial charge < -0.3 is 0 Å². The highest BCUT2D eigenvalue weighted by molar-refractivity contribution is 7.99. The Morgan fingerprint density at radius 2 is 2.11 bits per heavy atom. The van der Waals surface area contributed by atoms with Gasteiger partial charge in [0.25, 0.3) is 5.91 Å². The minimum Gasteiger partial charge on any atom is -0.272 e. The molecule has 18 heavy (non-hydrogen) atoms. The summed E-state index contributed by atoms with van der Waals surface area (Å²) in [5.74, 6) is 1.15. The molecule has 100 valence electrons. The number of hydrogen-bond donors (Lipinski definition) is 1. The normalized spacial score (nSPS) is 11.3. The summed E-state index contributed by atoms with van der Waals surface area (Å²) in [6.07, 6.45) is 0. The molecular weight excluding hydrogens is 246 g/mol. The van der Waals surface area contributed by atoms with Gasteiger partial charge in [-0.2, -0.15) is 0 Å². The lowest BCUT2D eigenvalue weighted by molar-refractivity contribution is -0.142. The third-order valence-corrected chi connectivity index (χ3v) is 3.06. The minimum absolute atomic E-state index is 0.0948. The van der Waals surface area contributed by atoms with Gasteiger partial charge in [-0.25, -0.2) is 5.48 Å². The number of amides is 1. The van der Waals surface area contributed by atoms with E-state index in [0.717, 1.165) is 5.75 Å². The average Bonchev–Trinajstić information content (AvgIpc) is 2.25. The summed E-state index contributed by atoms with van der Waals surface area (Å²) in [6.45, 7) is 7.76. The molecule has 0 heterocycles. The summed E-state index contributed by atoms with van der Waals surface area (Å²) in [5, 5.41) is 0. The van der Waals surface area contributed by atoms with E-state index in [1.165, 1.54) is 11.1 Å². The van der Waals surface area contributed by atoms with Gasteiger partial charge in [-0.05, 0) is 33.3 Å². The van der Waals surface area contributed by atoms with Crippen molar-refractivity contribution in [2.75, 3.05) is 5.75 Å². The Morgan fingerprint density at radius 3 is 2.72 bits per heavy atom. The lowest BCUT2D eigenvalue weighted by atomic mass is 10.2. The standard InChI is InChI=1S/C14H21NO2S/c1-11-6-5-7-12(8-11)9-18-10-13(16)15-17-14(2,3)4/h5-8H,9-10H2,1-4H3,(H,15,16). The second-order valence-corrected chi connectivity index (χ2v) is 6.21. The fraction of sp³-hybridized carbons (Fsp3) is 0.500. The molecule has 0 bridgehead atoms. The van der Waals surface area contributed by atoms with Crippen molar-refractivity contribution in [2.45, 2.75) is 39.0 Å². The van der Waals surface area contributed by atoms with Gasteiger partial charge in [0.2, 0.25) is 0 Å². The number of carbonyl (C=O) groups is 1. The van der Waals surface area contributed by atoms with Gasteiger partial charge in [0.05, 0.1) is 11.4 Å². The summed E-state index contributed by atoms with van der Waals surface area (Å²) in [5.41, 5.74) is 4.59. The molecule has 0 unspecified atom stereocenters. The van der Waals surface area contributed by atoms with Crippen molar-refractivity contribution in [3.8, 4) is 0 Å². The summed E-state index contributed by atoms with van der Waals surface area (Å²) in [7, 11) is 0. The Kier molecular flexibility index (Phi) is 5.69. The van der Waals surface area contributed by atoms with E-state index in [1.54, 1.807) is 11.8 Å². The van der Waals surface area contributed by atoms with Crippen LogP contribution in [0.5, 0.6) is 0 Å². The van der Waals surface area contributed by atoms with Crippen LogP contribution in [0.2, 0.25) is 0 Å². The second-order valence-electron chi connectivity index (χ2n) is 5.22. The molecule has 0 aromatic heterocycles. The number of rotatable bonds is 5. The van der Waals surface area contributed by atoms with Gasteiger partial charge in [-0.1, -0.05) is 29.8 Å². The third-order valence-electron chi connectivity index (χ3n) is 2.06. The van der Waals surface area contributed by atoms with Crippen LogP contribution in [0.15, 0.2) is 24.3 Å². The van der Waals surface area contributed by atoms with Crippen molar-refractivity contribution < 1.29 is 9.63 Å². The zero-order chi connectivity index (χ0) is 13.6. The first-order valence-electron chi connectivity index (χ1n) is 5.97. The first-order valence-corrected chi connectivity index (χ1v) is 7.12. The molecule has 0 fully saturated rings. The Hall–Kier alpha value is -1.00. The summed E-state index contributed by atoms with van der Waals surface area (Å²) in [4.78, 5) is 16.7. The highest BCUT2D eigenvalue weighted by Crippen LogP contribution is 2.13. The monoisotopic (exact) mass is 267 g/mol. The zero-order valence-corrected chi connectivity index (χ0v) is 12.3. The van der Waals surface area contributed by atoms with Gasteiger partial charge in [0.15, 0.2) is 0 Å². The predicted octanol–water partition coefficient (Wildman–Crippen LogP) is 3.07. The zero-order valence-electron chi connectivity index (χ0n) is 11.4. The van der Waals surface area contributed by atoms with Crippen molar-refractivity contribution in [1.82, 2.24) is 5.48 Å². The number of nitrogens with one attached hydrogen (secondary N) is 1. The van der Waals surface area contributed by atoms with Crippen molar-refractivity contribution in [3.05, 3.63) is 35.4 Å². The topological polar surface area (TPSA) is 38.3 Å². The van der Waals surface area contributed by atoms with E-state index in [9.17, 15) is 4.79 Å². The highest BCUT2D eigenvalue weighted by Gasteiger charge is 2.12. The third kappa shape index (κ3) is 6.67. The summed E-state index contributed by atoms with van der Waals surface area (Å²) < 4.78 is 0. The van der Waals surface area contributed by atoms with E-state index < -0.39 is 0 Å². The Morgan fingerprint density at radius 1 is 1.39 bits per heavy atom. The molecule has 4 heteroatoms. The molecule has 1 aromatic rings. The molecule has 0 aliphatic heterocycles. The molecule has 1 rings (SSSR count). The molecule has 0 saturated heterocycles. The molecular formula is C14H21NO2S. The van der Waals surface area contributed by atoms with Crippen LogP contribution in [-0.2, 0) is 15.4 Å². The Bertz CT molecular complexity index is 399. The number of hydrogen-bond acceptors (Lipinski definition) is 3. The molecule has 0 aliphatic carbocycles. The molecule has 0 aliphatic rings. The first kappa shape index (κ1) is 15.1. The lowest BCUT2D eigenvalue weighted by Gasteiger charge is -2.18. The Labute approximate surface area is 113 Å². The second kappa shape index (κ2) is 6.81. The largest absolute Gasteiger partial charge is 0.272 e. The van der Waals surface area contributed by atoms with Crippen molar-refractivity contribution in [1.29, 1.82) is 0 Å². The molecule has 1 aromatic carbocycles. The maximum absolute atomic E-state index is 11.5. The SMILES string of the molecule is Cc1cccc(CSCC(=O)NOC(C)(C)C)c1. The van der Waals surface area contributed by atoms with Crippen molar-refractivity contribution >= 4 is 17.7 Å². The quantitative estimate of drug-likeness (QED) is 0.833. The van der Waals surface area contributed by atoms with Crippen LogP contribution in [-0.4, -0.2) is 17.3 Å². The van der Waals surface area contributed by atoms with Gasteiger partial charge in [0.1, 0.15) is 0 Å². The highest BCUT2D eigenvalue weighted by atomic mass is 32.2. The van der Waals surface area contributed by atoms with Crippen LogP contribution in [0, 0.1) is 6.92 Å². The van der Waals surface area contributed by atoms with Crippen LogP contribution in [0.3, 0.4) is 0 Å². The van der Waals surface area contributed by atoms with Crippen molar-refractivity contribution in [2.24, 2.45) is 0 Å². The molecule has 1 amide bonds. The number of aryl methyl sites for hydroxylation is 1. The molecule has 0 spiro atoms. The van der Waals surface area contributed by atoms with Gasteiger partial charge in [-0.3, -0.25) is 9.63 Å². The van der Waals surface area contributed by atoms with Crippen LogP contribution < -0.4 is 5.48 Å². The minimum atomic E-state index is -0.350. The van der Waals surface area contributed by atoms with Crippen molar-refractivity contribution in [3.63, 3.8) is 0 Å². The molecule has 1 N–H and O–H groups in total. The molecule has 3 nitrogen and oxygen atoms in total. The van der Waals surface area contributed by atoms with Crippen LogP contribution >= 0.6 is 11.8 Å². The molecule has 0 atom stereocenters. The van der Waals surface area contributed by atoms with Crippen LogP contribution in [0.4, 0.5) is 0 Å². The van der Waals surface area contributed by atoms with E-state index >= 15 is 0 Å². The number of thioether (sulfide) groups is 1. The van der Waals surface area contributed by atoms with E-state index in [-0.39, 0.29) is 11.5 Å². The van der Waals surface area contributed by atoms with E-state index in [2.05, 4.69) is 30.6 Å². The Balaban J connectivity index is 2.23. The van der Waals surface area contributed by atoms with Gasteiger partial charge in [-0.15, -0.1) is 11.8 Å². The van der Waals surface area contributed by atoms with E-state index in [4.69, 9.17) is 4.84 Å². The van der Waals surface area contributed by atoms with Gasteiger partial charge >= 0.3 is 0 Å². The number of benzene rings is 1. The summed E-state index contributed by atoms with van der Waals surface area (Å²) >= 11 is 1.58. The average molecular weight is 267 g/mol. The maximum Gasteiger partial charge on any atom is 0.253 e. The summed E-state index contributed by atoms with van der Waals surface area (Å²) in [6, 6.07) is 8.31. The smallest absolute Gasteiger partial charge is 0.253 e. The van der Waals surface area contributed by atoms with E-state index in [0.29, 0.717) is 5.75 Å². The first-order chi connectivity index (χ1) is 8.37. The maximum atomic E-state index is 11.5. The predicted molar refractivity (Wildman–Crippen MR) is 76.3 cm³/mol. The van der Waals surface area contributed by atoms with Crippen LogP contribution in [0.25, 0.3) is 0 Å². The molecule has 0 saturated carbocycles.